The van der Waals surface area contributed by atoms with Crippen LogP contribution >= 0.6 is 11.3 Å². The van der Waals surface area contributed by atoms with Gasteiger partial charge >= 0.3 is 5.97 Å². The topological polar surface area (TPSA) is 93.5 Å². The number of carbonyl (C=O) groups is 2. The van der Waals surface area contributed by atoms with Gasteiger partial charge in [0.15, 0.2) is 0 Å². The van der Waals surface area contributed by atoms with Gasteiger partial charge in [-0.2, -0.15) is 0 Å². The van der Waals surface area contributed by atoms with E-state index in [0.29, 0.717) is 16.4 Å². The smallest absolute Gasteiger partial charge is 0.343 e. The monoisotopic (exact) mass is 271 g/mol. The summed E-state index contributed by atoms with van der Waals surface area (Å²) >= 11 is 1.15. The highest BCUT2D eigenvalue weighted by molar-refractivity contribution is 7.19. The van der Waals surface area contributed by atoms with Gasteiger partial charge < -0.3 is 21.1 Å². The lowest BCUT2D eigenvalue weighted by molar-refractivity contribution is 0.0529. The zero-order chi connectivity index (χ0) is 13.7. The fourth-order valence-electron chi connectivity index (χ4n) is 1.42. The third kappa shape index (κ3) is 2.73. The van der Waals surface area contributed by atoms with E-state index in [0.717, 1.165) is 11.3 Å². The van der Waals surface area contributed by atoms with E-state index in [4.69, 9.17) is 10.5 Å². The van der Waals surface area contributed by atoms with E-state index in [9.17, 15) is 9.59 Å². The lowest BCUT2D eigenvalue weighted by Gasteiger charge is -2.05. The Morgan fingerprint density at radius 2 is 2.06 bits per heavy atom. The number of nitrogens with one attached hydrogen (secondary N) is 2. The molecule has 1 aromatic rings. The highest BCUT2D eigenvalue weighted by Gasteiger charge is 2.25. The van der Waals surface area contributed by atoms with Crippen LogP contribution in [-0.2, 0) is 4.74 Å². The van der Waals surface area contributed by atoms with Crippen molar-refractivity contribution in [2.24, 2.45) is 0 Å². The number of nitrogen functional groups attached to an aromatic ring is 1. The molecule has 0 fully saturated rings. The van der Waals surface area contributed by atoms with E-state index in [-0.39, 0.29) is 23.8 Å². The average Bonchev–Trinajstić information content (AvgIpc) is 2.66. The molecule has 0 aliphatic carbocycles. The number of esters is 1. The molecule has 0 aromatic carbocycles. The summed E-state index contributed by atoms with van der Waals surface area (Å²) in [5.41, 5.74) is 6.25. The number of rotatable bonds is 5. The number of carbonyl (C=O) groups excluding carboxylic acids is 2. The average molecular weight is 271 g/mol. The number of amides is 1. The summed E-state index contributed by atoms with van der Waals surface area (Å²) < 4.78 is 4.94. The van der Waals surface area contributed by atoms with Gasteiger partial charge in [0.2, 0.25) is 0 Å². The first-order valence-electron chi connectivity index (χ1n) is 5.62. The third-order valence-corrected chi connectivity index (χ3v) is 3.36. The number of ether oxygens (including phenoxy) is 1. The first-order valence-corrected chi connectivity index (χ1v) is 6.43. The zero-order valence-corrected chi connectivity index (χ0v) is 11.4. The number of nitrogens with two attached hydrogens (primary N) is 1. The summed E-state index contributed by atoms with van der Waals surface area (Å²) in [5, 5.41) is 6.06. The van der Waals surface area contributed by atoms with Crippen molar-refractivity contribution in [3.05, 3.63) is 10.4 Å². The van der Waals surface area contributed by atoms with Crippen molar-refractivity contribution in [3.63, 3.8) is 0 Å². The summed E-state index contributed by atoms with van der Waals surface area (Å²) in [5.74, 6) is -0.829. The normalized spacial score (nSPS) is 9.94. The van der Waals surface area contributed by atoms with E-state index in [2.05, 4.69) is 10.6 Å². The van der Waals surface area contributed by atoms with Crippen LogP contribution in [0.3, 0.4) is 0 Å². The highest BCUT2D eigenvalue weighted by atomic mass is 32.1. The summed E-state index contributed by atoms with van der Waals surface area (Å²) in [6.45, 7) is 4.49. The Morgan fingerprint density at radius 3 is 2.56 bits per heavy atom. The van der Waals surface area contributed by atoms with Crippen molar-refractivity contribution < 1.29 is 14.3 Å². The molecule has 0 aliphatic rings. The molecule has 0 saturated heterocycles. The second-order valence-electron chi connectivity index (χ2n) is 3.38. The Balaban J connectivity index is 3.24. The van der Waals surface area contributed by atoms with Crippen LogP contribution in [0.15, 0.2) is 0 Å². The van der Waals surface area contributed by atoms with E-state index >= 15 is 0 Å². The Labute approximate surface area is 110 Å². The second kappa shape index (κ2) is 6.25. The molecular formula is C11H17N3O3S. The molecular weight excluding hydrogens is 254 g/mol. The lowest BCUT2D eigenvalue weighted by Crippen LogP contribution is -2.18. The van der Waals surface area contributed by atoms with E-state index in [1.165, 1.54) is 7.05 Å². The lowest BCUT2D eigenvalue weighted by atomic mass is 10.2. The Hall–Kier alpha value is -1.76. The highest BCUT2D eigenvalue weighted by Crippen LogP contribution is 2.36. The summed E-state index contributed by atoms with van der Waals surface area (Å²) in [4.78, 5) is 23.8. The van der Waals surface area contributed by atoms with Gasteiger partial charge in [-0.15, -0.1) is 11.3 Å². The van der Waals surface area contributed by atoms with Gasteiger partial charge in [-0.3, -0.25) is 4.79 Å². The van der Waals surface area contributed by atoms with Gasteiger partial charge in [0.05, 0.1) is 12.3 Å². The van der Waals surface area contributed by atoms with Crippen molar-refractivity contribution >= 4 is 33.9 Å². The molecule has 1 rings (SSSR count). The molecule has 18 heavy (non-hydrogen) atoms. The van der Waals surface area contributed by atoms with Crippen LogP contribution in [0, 0.1) is 0 Å². The minimum absolute atomic E-state index is 0.161. The van der Waals surface area contributed by atoms with Crippen LogP contribution in [-0.4, -0.2) is 32.1 Å². The van der Waals surface area contributed by atoms with Crippen LogP contribution in [0.1, 0.15) is 33.9 Å². The van der Waals surface area contributed by atoms with Crippen molar-refractivity contribution in [1.82, 2.24) is 5.32 Å². The van der Waals surface area contributed by atoms with Gasteiger partial charge in [0.25, 0.3) is 5.91 Å². The van der Waals surface area contributed by atoms with Crippen LogP contribution in [0.2, 0.25) is 0 Å². The maximum Gasteiger partial charge on any atom is 0.343 e. The molecule has 6 nitrogen and oxygen atoms in total. The third-order valence-electron chi connectivity index (χ3n) is 2.20. The summed E-state index contributed by atoms with van der Waals surface area (Å²) in [6, 6.07) is 0. The summed E-state index contributed by atoms with van der Waals surface area (Å²) in [7, 11) is 1.51. The second-order valence-corrected chi connectivity index (χ2v) is 4.40. The van der Waals surface area contributed by atoms with Gasteiger partial charge in [-0.05, 0) is 13.8 Å². The molecule has 0 atom stereocenters. The van der Waals surface area contributed by atoms with Crippen molar-refractivity contribution in [3.8, 4) is 0 Å². The standard InChI is InChI=1S/C11H17N3O3S/c1-4-14-10-6(11(16)17-5-2)7(12)8(18-10)9(15)13-3/h14H,4-5,12H2,1-3H3,(H,13,15). The molecule has 1 aromatic heterocycles. The van der Waals surface area contributed by atoms with Gasteiger partial charge in [-0.25, -0.2) is 4.79 Å². The molecule has 0 radical (unpaired) electrons. The Bertz CT molecular complexity index is 457. The van der Waals surface area contributed by atoms with Crippen molar-refractivity contribution in [2.75, 3.05) is 31.2 Å². The first kappa shape index (κ1) is 14.3. The number of hydrogen-bond acceptors (Lipinski definition) is 6. The number of thiophene rings is 1. The molecule has 100 valence electrons. The largest absolute Gasteiger partial charge is 0.462 e. The van der Waals surface area contributed by atoms with Crippen molar-refractivity contribution in [2.45, 2.75) is 13.8 Å². The van der Waals surface area contributed by atoms with Gasteiger partial charge in [-0.1, -0.05) is 0 Å². The fraction of sp³-hybridized carbons (Fsp3) is 0.455. The molecule has 4 N–H and O–H groups in total. The predicted molar refractivity (Wildman–Crippen MR) is 72.2 cm³/mol. The molecule has 0 bridgehead atoms. The Kier molecular flexibility index (Phi) is 4.96. The minimum Gasteiger partial charge on any atom is -0.462 e. The molecule has 0 spiro atoms. The van der Waals surface area contributed by atoms with Gasteiger partial charge in [0.1, 0.15) is 15.4 Å². The van der Waals surface area contributed by atoms with E-state index in [1.54, 1.807) is 6.92 Å². The van der Waals surface area contributed by atoms with Crippen molar-refractivity contribution in [1.29, 1.82) is 0 Å². The van der Waals surface area contributed by atoms with Crippen LogP contribution < -0.4 is 16.4 Å². The summed E-state index contributed by atoms with van der Waals surface area (Å²) in [6.07, 6.45) is 0. The maximum atomic E-state index is 11.8. The molecule has 0 saturated carbocycles. The van der Waals surface area contributed by atoms with Crippen LogP contribution in [0.25, 0.3) is 0 Å². The number of hydrogen-bond donors (Lipinski definition) is 3. The van der Waals surface area contributed by atoms with Gasteiger partial charge in [0, 0.05) is 13.6 Å². The first-order chi connectivity index (χ1) is 8.56. The quantitative estimate of drug-likeness (QED) is 0.702. The maximum absolute atomic E-state index is 11.8. The zero-order valence-electron chi connectivity index (χ0n) is 10.6. The molecule has 1 amide bonds. The molecule has 1 heterocycles. The fourth-order valence-corrected chi connectivity index (χ4v) is 2.54. The van der Waals surface area contributed by atoms with Crippen LogP contribution in [0.4, 0.5) is 10.7 Å². The molecule has 7 heteroatoms. The SMILES string of the molecule is CCNc1sc(C(=O)NC)c(N)c1C(=O)OCC. The predicted octanol–water partition coefficient (Wildman–Crippen LogP) is 1.30. The number of anilines is 2. The molecule has 0 unspecified atom stereocenters. The van der Waals surface area contributed by atoms with E-state index < -0.39 is 5.97 Å². The Morgan fingerprint density at radius 1 is 1.39 bits per heavy atom. The van der Waals surface area contributed by atoms with Crippen LogP contribution in [0.5, 0.6) is 0 Å². The minimum atomic E-state index is -0.516. The van der Waals surface area contributed by atoms with E-state index in [1.807, 2.05) is 6.92 Å². The molecule has 0 aliphatic heterocycles.